The molecular formula is C16H26OS. The number of aliphatic hydroxyl groups is 1. The third kappa shape index (κ3) is 6.95. The van der Waals surface area contributed by atoms with E-state index in [4.69, 9.17) is 0 Å². The van der Waals surface area contributed by atoms with Gasteiger partial charge >= 0.3 is 0 Å². The largest absolute Gasteiger partial charge is 0.512 e. The van der Waals surface area contributed by atoms with E-state index in [1.54, 1.807) is 0 Å². The van der Waals surface area contributed by atoms with Crippen molar-refractivity contribution in [1.29, 1.82) is 0 Å². The van der Waals surface area contributed by atoms with Crippen LogP contribution in [0.2, 0.25) is 0 Å². The lowest BCUT2D eigenvalue weighted by atomic mass is 10.1. The van der Waals surface area contributed by atoms with Gasteiger partial charge in [0.2, 0.25) is 0 Å². The molecule has 0 saturated heterocycles. The van der Waals surface area contributed by atoms with E-state index in [1.165, 1.54) is 44.9 Å². The molecule has 0 aromatic carbocycles. The SMILES string of the molecule is OC(CCCCCCCCCCS)=C1C=CC=C1. The standard InChI is InChI=1S/C16H26OS/c17-16(15-11-8-9-12-15)13-7-5-3-1-2-4-6-10-14-18/h8-9,11-12,17-18H,1-7,10,13-14H2. The van der Waals surface area contributed by atoms with Crippen molar-refractivity contribution in [2.45, 2.75) is 57.8 Å². The molecule has 0 saturated carbocycles. The maximum absolute atomic E-state index is 9.82. The molecule has 2 heteroatoms. The zero-order valence-corrected chi connectivity index (χ0v) is 12.2. The highest BCUT2D eigenvalue weighted by molar-refractivity contribution is 7.80. The van der Waals surface area contributed by atoms with E-state index in [9.17, 15) is 5.11 Å². The Morgan fingerprint density at radius 3 is 1.89 bits per heavy atom. The van der Waals surface area contributed by atoms with Crippen molar-refractivity contribution < 1.29 is 5.11 Å². The quantitative estimate of drug-likeness (QED) is 0.309. The van der Waals surface area contributed by atoms with Crippen LogP contribution in [0.3, 0.4) is 0 Å². The molecule has 0 aliphatic heterocycles. The van der Waals surface area contributed by atoms with Crippen LogP contribution in [0.4, 0.5) is 0 Å². The third-order valence-electron chi connectivity index (χ3n) is 3.32. The lowest BCUT2D eigenvalue weighted by Gasteiger charge is -2.03. The molecule has 0 unspecified atom stereocenters. The van der Waals surface area contributed by atoms with Crippen molar-refractivity contribution in [1.82, 2.24) is 0 Å². The highest BCUT2D eigenvalue weighted by Crippen LogP contribution is 2.17. The molecule has 0 bridgehead atoms. The van der Waals surface area contributed by atoms with Crippen molar-refractivity contribution in [3.05, 3.63) is 35.6 Å². The minimum Gasteiger partial charge on any atom is -0.512 e. The molecule has 0 aromatic heterocycles. The van der Waals surface area contributed by atoms with Gasteiger partial charge in [0, 0.05) is 12.0 Å². The van der Waals surface area contributed by atoms with Gasteiger partial charge in [0.25, 0.3) is 0 Å². The van der Waals surface area contributed by atoms with Gasteiger partial charge in [0.1, 0.15) is 0 Å². The van der Waals surface area contributed by atoms with Gasteiger partial charge in [-0.3, -0.25) is 0 Å². The Hall–Kier alpha value is -0.630. The number of aliphatic hydroxyl groups excluding tert-OH is 1. The van der Waals surface area contributed by atoms with Gasteiger partial charge in [-0.25, -0.2) is 0 Å². The van der Waals surface area contributed by atoms with Crippen molar-refractivity contribution in [3.8, 4) is 0 Å². The molecule has 0 amide bonds. The number of thiol groups is 1. The fraction of sp³-hybridized carbons (Fsp3) is 0.625. The average Bonchev–Trinajstić information content (AvgIpc) is 2.90. The molecule has 102 valence electrons. The van der Waals surface area contributed by atoms with E-state index >= 15 is 0 Å². The van der Waals surface area contributed by atoms with E-state index in [1.807, 2.05) is 24.3 Å². The Bertz CT molecular complexity index is 288. The number of hydrogen-bond donors (Lipinski definition) is 2. The van der Waals surface area contributed by atoms with Crippen LogP contribution < -0.4 is 0 Å². The van der Waals surface area contributed by atoms with Gasteiger partial charge < -0.3 is 5.11 Å². The van der Waals surface area contributed by atoms with Crippen LogP contribution in [0.25, 0.3) is 0 Å². The summed E-state index contributed by atoms with van der Waals surface area (Å²) in [6.45, 7) is 0. The van der Waals surface area contributed by atoms with Crippen molar-refractivity contribution in [2.75, 3.05) is 5.75 Å². The van der Waals surface area contributed by atoms with E-state index in [-0.39, 0.29) is 0 Å². The van der Waals surface area contributed by atoms with Crippen LogP contribution in [0, 0.1) is 0 Å². The Morgan fingerprint density at radius 1 is 0.833 bits per heavy atom. The van der Waals surface area contributed by atoms with Crippen molar-refractivity contribution >= 4 is 12.6 Å². The Kier molecular flexibility index (Phi) is 8.83. The van der Waals surface area contributed by atoms with Gasteiger partial charge in [-0.15, -0.1) is 0 Å². The zero-order valence-electron chi connectivity index (χ0n) is 11.3. The third-order valence-corrected chi connectivity index (χ3v) is 3.63. The smallest absolute Gasteiger partial charge is 0.0994 e. The molecule has 0 atom stereocenters. The van der Waals surface area contributed by atoms with E-state index in [0.717, 1.165) is 24.2 Å². The topological polar surface area (TPSA) is 20.2 Å². The summed E-state index contributed by atoms with van der Waals surface area (Å²) in [5, 5.41) is 9.82. The number of unbranched alkanes of at least 4 members (excludes halogenated alkanes) is 7. The van der Waals surface area contributed by atoms with Crippen molar-refractivity contribution in [3.63, 3.8) is 0 Å². The molecule has 0 heterocycles. The first-order valence-corrected chi connectivity index (χ1v) is 7.85. The maximum Gasteiger partial charge on any atom is 0.0994 e. The summed E-state index contributed by atoms with van der Waals surface area (Å²) in [6.07, 6.45) is 19.0. The fourth-order valence-electron chi connectivity index (χ4n) is 2.18. The van der Waals surface area contributed by atoms with Gasteiger partial charge in [0.05, 0.1) is 5.76 Å². The molecule has 1 rings (SSSR count). The summed E-state index contributed by atoms with van der Waals surface area (Å²) in [7, 11) is 0. The molecule has 1 N–H and O–H groups in total. The van der Waals surface area contributed by atoms with Crippen LogP contribution in [0.15, 0.2) is 35.6 Å². The van der Waals surface area contributed by atoms with Crippen molar-refractivity contribution in [2.24, 2.45) is 0 Å². The first kappa shape index (κ1) is 15.4. The van der Waals surface area contributed by atoms with Crippen LogP contribution in [0.1, 0.15) is 57.8 Å². The lowest BCUT2D eigenvalue weighted by Crippen LogP contribution is -1.87. The molecule has 0 spiro atoms. The van der Waals surface area contributed by atoms with Crippen LogP contribution in [-0.2, 0) is 0 Å². The highest BCUT2D eigenvalue weighted by Gasteiger charge is 2.01. The molecule has 1 aliphatic rings. The van der Waals surface area contributed by atoms with Gasteiger partial charge in [-0.1, -0.05) is 62.8 Å². The summed E-state index contributed by atoms with van der Waals surface area (Å²) < 4.78 is 0. The lowest BCUT2D eigenvalue weighted by molar-refractivity contribution is 0.377. The van der Waals surface area contributed by atoms with Gasteiger partial charge in [-0.05, 0) is 18.6 Å². The number of rotatable bonds is 10. The van der Waals surface area contributed by atoms with E-state index < -0.39 is 0 Å². The second kappa shape index (κ2) is 10.3. The monoisotopic (exact) mass is 266 g/mol. The first-order chi connectivity index (χ1) is 8.84. The molecule has 0 fully saturated rings. The molecule has 1 aliphatic carbocycles. The fourth-order valence-corrected chi connectivity index (χ4v) is 2.40. The Morgan fingerprint density at radius 2 is 1.33 bits per heavy atom. The van der Waals surface area contributed by atoms with Gasteiger partial charge in [0.15, 0.2) is 0 Å². The summed E-state index contributed by atoms with van der Waals surface area (Å²) >= 11 is 4.21. The summed E-state index contributed by atoms with van der Waals surface area (Å²) in [6, 6.07) is 0. The van der Waals surface area contributed by atoms with Crippen LogP contribution in [0.5, 0.6) is 0 Å². The number of allylic oxidation sites excluding steroid dienone is 6. The Balaban J connectivity index is 1.91. The predicted octanol–water partition coefficient (Wildman–Crippen LogP) is 5.37. The predicted molar refractivity (Wildman–Crippen MR) is 83.3 cm³/mol. The minimum absolute atomic E-state index is 0.550. The first-order valence-electron chi connectivity index (χ1n) is 7.22. The summed E-state index contributed by atoms with van der Waals surface area (Å²) in [5.74, 6) is 1.57. The molecule has 18 heavy (non-hydrogen) atoms. The van der Waals surface area contributed by atoms with E-state index in [2.05, 4.69) is 12.6 Å². The number of hydrogen-bond acceptors (Lipinski definition) is 2. The molecule has 0 aromatic rings. The zero-order chi connectivity index (χ0) is 13.1. The second-order valence-corrected chi connectivity index (χ2v) is 5.37. The summed E-state index contributed by atoms with van der Waals surface area (Å²) in [4.78, 5) is 0. The van der Waals surface area contributed by atoms with E-state index in [0.29, 0.717) is 5.76 Å². The molecular weight excluding hydrogens is 240 g/mol. The van der Waals surface area contributed by atoms with Gasteiger partial charge in [-0.2, -0.15) is 12.6 Å². The normalized spacial score (nSPS) is 13.5. The Labute approximate surface area is 117 Å². The minimum atomic E-state index is 0.550. The molecule has 1 nitrogen and oxygen atoms in total. The average molecular weight is 266 g/mol. The van der Waals surface area contributed by atoms with Crippen LogP contribution in [-0.4, -0.2) is 10.9 Å². The van der Waals surface area contributed by atoms with Crippen LogP contribution >= 0.6 is 12.6 Å². The maximum atomic E-state index is 9.82. The second-order valence-electron chi connectivity index (χ2n) is 4.92. The summed E-state index contributed by atoms with van der Waals surface area (Å²) in [5.41, 5.74) is 0.988. The highest BCUT2D eigenvalue weighted by atomic mass is 32.1. The molecule has 0 radical (unpaired) electrons.